The number of aromatic nitrogens is 2. The number of carbonyl (C=O) groups excluding carboxylic acids is 2. The van der Waals surface area contributed by atoms with Crippen LogP contribution < -0.4 is 30.6 Å². The van der Waals surface area contributed by atoms with Crippen molar-refractivity contribution in [3.63, 3.8) is 0 Å². The van der Waals surface area contributed by atoms with E-state index in [9.17, 15) is 9.59 Å². The molecule has 0 spiro atoms. The predicted octanol–water partition coefficient (Wildman–Crippen LogP) is 10.0. The minimum Gasteiger partial charge on any atom is -0.494 e. The molecule has 4 N–H and O–H groups in total. The Morgan fingerprint density at radius 2 is 1.11 bits per heavy atom. The average Bonchev–Trinajstić information content (AvgIpc) is 3.21. The van der Waals surface area contributed by atoms with Crippen LogP contribution in [0, 0.1) is 0 Å². The zero-order valence-electron chi connectivity index (χ0n) is 29.8. The maximum atomic E-state index is 12.4. The van der Waals surface area contributed by atoms with Gasteiger partial charge in [0.2, 0.25) is 0 Å². The molecule has 0 bridgehead atoms. The number of hydrogen-bond donors (Lipinski definition) is 3. The Labute approximate surface area is 321 Å². The van der Waals surface area contributed by atoms with Gasteiger partial charge < -0.3 is 29.4 Å². The number of amides is 2. The normalized spacial score (nSPS) is 10.5. The number of nitrogens with zero attached hydrogens (tertiary/aromatic N) is 2. The molecule has 0 saturated carbocycles. The molecule has 2 amide bonds. The van der Waals surface area contributed by atoms with Gasteiger partial charge in [0.15, 0.2) is 0 Å². The van der Waals surface area contributed by atoms with Crippen LogP contribution in [0.5, 0.6) is 23.0 Å². The first-order chi connectivity index (χ1) is 26.8. The van der Waals surface area contributed by atoms with Crippen molar-refractivity contribution in [3.8, 4) is 23.0 Å². The Balaban J connectivity index is 0.000000193. The van der Waals surface area contributed by atoms with Crippen LogP contribution in [0.25, 0.3) is 21.8 Å². The SMILES string of the molecule is COc1cc2nccc(Cl)c2cc1NC(=O)OCc1ccccc1.COc1cc2nccc(Oc3ccc(N)cc3)c2cc1NC(=O)OCc1ccccc1. The number of nitrogen functional groups attached to an aromatic ring is 1. The van der Waals surface area contributed by atoms with Gasteiger partial charge in [-0.3, -0.25) is 20.6 Å². The van der Waals surface area contributed by atoms with Crippen LogP contribution in [0.3, 0.4) is 0 Å². The van der Waals surface area contributed by atoms with E-state index in [-0.39, 0.29) is 13.2 Å². The van der Waals surface area contributed by atoms with Crippen molar-refractivity contribution in [2.24, 2.45) is 0 Å². The topological polar surface area (TPSA) is 156 Å². The van der Waals surface area contributed by atoms with E-state index in [0.29, 0.717) is 61.5 Å². The number of rotatable bonds is 10. The number of fused-ring (bicyclic) bond motifs is 2. The van der Waals surface area contributed by atoms with Crippen molar-refractivity contribution < 1.29 is 33.3 Å². The molecule has 0 saturated heterocycles. The van der Waals surface area contributed by atoms with Gasteiger partial charge in [-0.25, -0.2) is 9.59 Å². The van der Waals surface area contributed by atoms with E-state index in [0.717, 1.165) is 16.5 Å². The van der Waals surface area contributed by atoms with Crippen molar-refractivity contribution in [1.29, 1.82) is 0 Å². The van der Waals surface area contributed by atoms with Crippen molar-refractivity contribution in [2.75, 3.05) is 30.6 Å². The predicted molar refractivity (Wildman–Crippen MR) is 213 cm³/mol. The van der Waals surface area contributed by atoms with Gasteiger partial charge in [-0.2, -0.15) is 0 Å². The lowest BCUT2D eigenvalue weighted by Crippen LogP contribution is -2.14. The molecule has 0 fully saturated rings. The summed E-state index contributed by atoms with van der Waals surface area (Å²) in [5.74, 6) is 2.16. The highest BCUT2D eigenvalue weighted by molar-refractivity contribution is 6.35. The Morgan fingerprint density at radius 3 is 1.64 bits per heavy atom. The number of pyridine rings is 2. The lowest BCUT2D eigenvalue weighted by molar-refractivity contribution is 0.154. The monoisotopic (exact) mass is 757 g/mol. The zero-order chi connectivity index (χ0) is 38.6. The fraction of sp³-hybridized carbons (Fsp3) is 0.0952. The van der Waals surface area contributed by atoms with Gasteiger partial charge in [-0.15, -0.1) is 0 Å². The first-order valence-electron chi connectivity index (χ1n) is 16.9. The Bertz CT molecular complexity index is 2400. The summed E-state index contributed by atoms with van der Waals surface area (Å²) in [7, 11) is 3.04. The van der Waals surface area contributed by atoms with E-state index in [2.05, 4.69) is 20.6 Å². The molecule has 7 aromatic rings. The molecular weight excluding hydrogens is 722 g/mol. The largest absolute Gasteiger partial charge is 0.494 e. The van der Waals surface area contributed by atoms with E-state index in [4.69, 9.17) is 41.0 Å². The number of halogens is 1. The van der Waals surface area contributed by atoms with Gasteiger partial charge >= 0.3 is 12.2 Å². The van der Waals surface area contributed by atoms with Crippen LogP contribution in [0.1, 0.15) is 11.1 Å². The maximum Gasteiger partial charge on any atom is 0.412 e. The first-order valence-corrected chi connectivity index (χ1v) is 17.2. The number of carbonyl (C=O) groups is 2. The smallest absolute Gasteiger partial charge is 0.412 e. The number of hydrogen-bond acceptors (Lipinski definition) is 10. The molecule has 55 heavy (non-hydrogen) atoms. The molecule has 2 heterocycles. The Kier molecular flexibility index (Phi) is 12.4. The molecule has 13 heteroatoms. The number of anilines is 3. The molecule has 0 aliphatic rings. The molecule has 5 aromatic carbocycles. The maximum absolute atomic E-state index is 12.4. The van der Waals surface area contributed by atoms with Crippen LogP contribution in [0.2, 0.25) is 5.02 Å². The second-order valence-electron chi connectivity index (χ2n) is 11.8. The minimum atomic E-state index is -0.591. The van der Waals surface area contributed by atoms with Crippen LogP contribution in [-0.4, -0.2) is 36.4 Å². The molecule has 12 nitrogen and oxygen atoms in total. The number of benzene rings is 5. The minimum absolute atomic E-state index is 0.162. The van der Waals surface area contributed by atoms with Crippen LogP contribution >= 0.6 is 11.6 Å². The standard InChI is InChI=1S/C24H21N3O4.C18H15ClN2O3/c1-29-23-14-20-19(22(11-12-26-20)31-18-9-7-17(25)8-10-18)13-21(23)27-24(28)30-15-16-5-3-2-4-6-16;1-23-17-10-15-13(14(19)7-8-20-15)9-16(17)21-18(22)24-11-12-5-3-2-4-6-12/h2-14H,15,25H2,1H3,(H,27,28);2-10H,11H2,1H3,(H,21,22). The number of methoxy groups -OCH3 is 2. The van der Waals surface area contributed by atoms with Gasteiger partial charge in [0.05, 0.1) is 41.7 Å². The molecule has 0 aliphatic carbocycles. The van der Waals surface area contributed by atoms with Crippen LogP contribution in [0.15, 0.2) is 134 Å². The molecule has 7 rings (SSSR count). The summed E-state index contributed by atoms with van der Waals surface area (Å²) in [5.41, 5.74) is 10.5. The third-order valence-corrected chi connectivity index (χ3v) is 8.37. The molecule has 0 unspecified atom stereocenters. The summed E-state index contributed by atoms with van der Waals surface area (Å²) >= 11 is 6.18. The van der Waals surface area contributed by atoms with Gasteiger partial charge in [-0.05, 0) is 59.7 Å². The molecular formula is C42H36ClN5O7. The summed E-state index contributed by atoms with van der Waals surface area (Å²) in [4.78, 5) is 33.0. The van der Waals surface area contributed by atoms with Gasteiger partial charge in [0, 0.05) is 41.0 Å². The average molecular weight is 758 g/mol. The lowest BCUT2D eigenvalue weighted by atomic mass is 10.1. The van der Waals surface area contributed by atoms with E-state index in [1.165, 1.54) is 14.2 Å². The summed E-state index contributed by atoms with van der Waals surface area (Å²) in [5, 5.41) is 7.39. The summed E-state index contributed by atoms with van der Waals surface area (Å²) in [6.07, 6.45) is 2.10. The summed E-state index contributed by atoms with van der Waals surface area (Å²) in [6.45, 7) is 0.348. The Morgan fingerprint density at radius 1 is 0.618 bits per heavy atom. The molecule has 0 radical (unpaired) electrons. The Hall–Kier alpha value is -7.05. The van der Waals surface area contributed by atoms with Crippen LogP contribution in [0.4, 0.5) is 26.7 Å². The fourth-order valence-electron chi connectivity index (χ4n) is 5.31. The third kappa shape index (κ3) is 10.1. The second-order valence-corrected chi connectivity index (χ2v) is 12.2. The molecule has 2 aromatic heterocycles. The highest BCUT2D eigenvalue weighted by Gasteiger charge is 2.15. The molecule has 278 valence electrons. The van der Waals surface area contributed by atoms with Crippen molar-refractivity contribution in [2.45, 2.75) is 13.2 Å². The van der Waals surface area contributed by atoms with Crippen molar-refractivity contribution in [1.82, 2.24) is 9.97 Å². The fourth-order valence-corrected chi connectivity index (χ4v) is 5.52. The van der Waals surface area contributed by atoms with E-state index in [1.54, 1.807) is 73.1 Å². The molecule has 0 atom stereocenters. The van der Waals surface area contributed by atoms with E-state index >= 15 is 0 Å². The zero-order valence-corrected chi connectivity index (χ0v) is 30.6. The first kappa shape index (κ1) is 37.7. The lowest BCUT2D eigenvalue weighted by Gasteiger charge is -2.14. The van der Waals surface area contributed by atoms with Gasteiger partial charge in [0.25, 0.3) is 0 Å². The van der Waals surface area contributed by atoms with Gasteiger partial charge in [-0.1, -0.05) is 72.3 Å². The summed E-state index contributed by atoms with van der Waals surface area (Å²) < 4.78 is 27.3. The summed E-state index contributed by atoms with van der Waals surface area (Å²) in [6, 6.07) is 36.3. The van der Waals surface area contributed by atoms with Crippen molar-refractivity contribution >= 4 is 62.7 Å². The quantitative estimate of drug-likeness (QED) is 0.115. The van der Waals surface area contributed by atoms with Crippen LogP contribution in [-0.2, 0) is 22.7 Å². The highest BCUT2D eigenvalue weighted by Crippen LogP contribution is 2.36. The van der Waals surface area contributed by atoms with E-state index in [1.807, 2.05) is 60.7 Å². The number of nitrogens with two attached hydrogens (primary N) is 1. The number of nitrogens with one attached hydrogen (secondary N) is 2. The third-order valence-electron chi connectivity index (χ3n) is 8.04. The number of ether oxygens (including phenoxy) is 5. The highest BCUT2D eigenvalue weighted by atomic mass is 35.5. The van der Waals surface area contributed by atoms with E-state index < -0.39 is 12.2 Å². The second kappa shape index (κ2) is 18.1. The van der Waals surface area contributed by atoms with Gasteiger partial charge in [0.1, 0.15) is 36.2 Å². The van der Waals surface area contributed by atoms with Crippen molar-refractivity contribution in [3.05, 3.63) is 150 Å². The molecule has 0 aliphatic heterocycles.